The van der Waals surface area contributed by atoms with Crippen LogP contribution in [0.15, 0.2) is 41.4 Å². The highest BCUT2D eigenvalue weighted by molar-refractivity contribution is 6.44. The maximum absolute atomic E-state index is 6.27. The Morgan fingerprint density at radius 1 is 1.16 bits per heavy atom. The van der Waals surface area contributed by atoms with Gasteiger partial charge >= 0.3 is 0 Å². The summed E-state index contributed by atoms with van der Waals surface area (Å²) in [5.41, 5.74) is 8.29. The van der Waals surface area contributed by atoms with E-state index < -0.39 is 0 Å². The second kappa shape index (κ2) is 9.38. The van der Waals surface area contributed by atoms with Gasteiger partial charge in [-0.05, 0) is 69.1 Å². The third kappa shape index (κ3) is 4.24. The van der Waals surface area contributed by atoms with Gasteiger partial charge in [0.1, 0.15) is 0 Å². The number of ether oxygens (including phenoxy) is 2. The van der Waals surface area contributed by atoms with Crippen molar-refractivity contribution in [2.45, 2.75) is 43.2 Å². The van der Waals surface area contributed by atoms with Crippen LogP contribution in [0.4, 0.5) is 5.69 Å². The zero-order valence-electron chi connectivity index (χ0n) is 18.7. The number of nitrogens with one attached hydrogen (secondary N) is 1. The molecule has 172 valence electrons. The summed E-state index contributed by atoms with van der Waals surface area (Å²) >= 11 is 12.4. The summed E-state index contributed by atoms with van der Waals surface area (Å²) < 4.78 is 11.0. The van der Waals surface area contributed by atoms with Crippen molar-refractivity contribution in [3.8, 4) is 11.5 Å². The lowest BCUT2D eigenvalue weighted by molar-refractivity contribution is 0.168. The van der Waals surface area contributed by atoms with Crippen LogP contribution in [0.2, 0.25) is 10.0 Å². The van der Waals surface area contributed by atoms with Crippen LogP contribution >= 0.6 is 23.2 Å². The highest BCUT2D eigenvalue weighted by Gasteiger charge is 2.50. The molecule has 0 spiro atoms. The third-order valence-electron chi connectivity index (χ3n) is 6.99. The van der Waals surface area contributed by atoms with Gasteiger partial charge in [-0.2, -0.15) is 0 Å². The lowest BCUT2D eigenvalue weighted by atomic mass is 9.65. The van der Waals surface area contributed by atoms with Crippen molar-refractivity contribution in [1.29, 1.82) is 0 Å². The van der Waals surface area contributed by atoms with E-state index in [1.807, 2.05) is 18.2 Å². The molecule has 0 bridgehead atoms. The van der Waals surface area contributed by atoms with E-state index >= 15 is 0 Å². The minimum Gasteiger partial charge on any atom is -0.493 e. The summed E-state index contributed by atoms with van der Waals surface area (Å²) in [7, 11) is 5.55. The van der Waals surface area contributed by atoms with E-state index in [4.69, 9.17) is 43.4 Å². The molecule has 3 unspecified atom stereocenters. The van der Waals surface area contributed by atoms with Gasteiger partial charge in [-0.1, -0.05) is 35.3 Å². The Balaban J connectivity index is 1.55. The zero-order chi connectivity index (χ0) is 22.9. The Kier molecular flexibility index (Phi) is 6.75. The zero-order valence-corrected chi connectivity index (χ0v) is 20.2. The van der Waals surface area contributed by atoms with E-state index in [0.29, 0.717) is 27.7 Å². The molecule has 2 fully saturated rings. The fourth-order valence-corrected chi connectivity index (χ4v) is 5.68. The molecule has 2 aromatic carbocycles. The predicted molar refractivity (Wildman–Crippen MR) is 132 cm³/mol. The maximum atomic E-state index is 6.27. The van der Waals surface area contributed by atoms with Gasteiger partial charge in [0, 0.05) is 11.5 Å². The van der Waals surface area contributed by atoms with Crippen molar-refractivity contribution in [3.05, 3.63) is 52.0 Å². The summed E-state index contributed by atoms with van der Waals surface area (Å²) in [4.78, 5) is 7.25. The molecule has 3 N–H and O–H groups in total. The van der Waals surface area contributed by atoms with Crippen molar-refractivity contribution < 1.29 is 9.47 Å². The summed E-state index contributed by atoms with van der Waals surface area (Å²) in [5.74, 6) is 1.89. The number of anilines is 1. The first kappa shape index (κ1) is 23.0. The number of halogens is 2. The highest BCUT2D eigenvalue weighted by Crippen LogP contribution is 2.50. The number of nitrogens with zero attached hydrogens (tertiary/aromatic N) is 2. The number of benzene rings is 2. The molecule has 0 amide bonds. The van der Waals surface area contributed by atoms with Gasteiger partial charge in [0.05, 0.1) is 36.0 Å². The van der Waals surface area contributed by atoms with Gasteiger partial charge in [-0.15, -0.1) is 0 Å². The minimum absolute atomic E-state index is 0.0821. The van der Waals surface area contributed by atoms with Crippen LogP contribution < -0.4 is 20.5 Å². The third-order valence-corrected chi connectivity index (χ3v) is 7.81. The normalized spacial score (nSPS) is 26.0. The SMILES string of the molecule is COc1ccc(C23CCC(N=C(N)Nc4cccc(Cl)c4Cl)CC2N(C)CC3)cc1OC. The molecule has 2 aliphatic rings. The van der Waals surface area contributed by atoms with Crippen molar-refractivity contribution in [2.75, 3.05) is 33.1 Å². The molecule has 8 heteroatoms. The molecule has 3 atom stereocenters. The molecule has 0 aromatic heterocycles. The van der Waals surface area contributed by atoms with Crippen LogP contribution in [0.1, 0.15) is 31.2 Å². The molecule has 4 rings (SSSR count). The Bertz CT molecular complexity index is 1020. The Hall–Kier alpha value is -2.15. The standard InChI is InChI=1S/C24H30Cl2N4O2/c1-30-12-11-24(15-7-8-19(31-2)20(13-15)32-3)10-9-16(14-21(24)30)28-23(27)29-18-6-4-5-17(25)22(18)26/h4-8,13,16,21H,9-12,14H2,1-3H3,(H3,27,28,29). The largest absolute Gasteiger partial charge is 0.493 e. The first-order valence-electron chi connectivity index (χ1n) is 10.8. The lowest BCUT2D eigenvalue weighted by Crippen LogP contribution is -2.47. The van der Waals surface area contributed by atoms with E-state index in [-0.39, 0.29) is 11.5 Å². The second-order valence-electron chi connectivity index (χ2n) is 8.64. The number of aliphatic imine (C=N–C) groups is 1. The number of methoxy groups -OCH3 is 2. The van der Waals surface area contributed by atoms with E-state index in [1.54, 1.807) is 20.3 Å². The van der Waals surface area contributed by atoms with E-state index in [9.17, 15) is 0 Å². The summed E-state index contributed by atoms with van der Waals surface area (Å²) in [6.45, 7) is 1.06. The molecule has 1 saturated heterocycles. The molecule has 6 nitrogen and oxygen atoms in total. The minimum atomic E-state index is 0.0821. The fraction of sp³-hybridized carbons (Fsp3) is 0.458. The molecule has 0 radical (unpaired) electrons. The number of rotatable bonds is 5. The first-order valence-corrected chi connectivity index (χ1v) is 11.6. The molecule has 2 aromatic rings. The Morgan fingerprint density at radius 3 is 2.69 bits per heavy atom. The molecule has 32 heavy (non-hydrogen) atoms. The van der Waals surface area contributed by atoms with Crippen molar-refractivity contribution >= 4 is 34.8 Å². The summed E-state index contributed by atoms with van der Waals surface area (Å²) in [6, 6.07) is 12.3. The van der Waals surface area contributed by atoms with E-state index in [0.717, 1.165) is 43.7 Å². The van der Waals surface area contributed by atoms with E-state index in [2.05, 4.69) is 29.4 Å². The van der Waals surface area contributed by atoms with Gasteiger partial charge in [0.2, 0.25) is 0 Å². The molecular formula is C24H30Cl2N4O2. The van der Waals surface area contributed by atoms with Gasteiger partial charge in [0.15, 0.2) is 17.5 Å². The number of hydrogen-bond acceptors (Lipinski definition) is 4. The highest BCUT2D eigenvalue weighted by atomic mass is 35.5. The van der Waals surface area contributed by atoms with Crippen molar-refractivity contribution in [3.63, 3.8) is 0 Å². The summed E-state index contributed by atoms with van der Waals surface area (Å²) in [6.07, 6.45) is 4.06. The molecule has 1 aliphatic carbocycles. The van der Waals surface area contributed by atoms with Gasteiger partial charge in [-0.25, -0.2) is 4.99 Å². The predicted octanol–water partition coefficient (Wildman–Crippen LogP) is 4.93. The van der Waals surface area contributed by atoms with Crippen molar-refractivity contribution in [2.24, 2.45) is 10.7 Å². The molecule has 1 aliphatic heterocycles. The number of likely N-dealkylation sites (tertiary alicyclic amines) is 1. The topological polar surface area (TPSA) is 72.1 Å². The van der Waals surface area contributed by atoms with E-state index in [1.165, 1.54) is 5.56 Å². The molecule has 1 heterocycles. The quantitative estimate of drug-likeness (QED) is 0.472. The van der Waals surface area contributed by atoms with Crippen LogP contribution in [-0.4, -0.2) is 50.8 Å². The fourth-order valence-electron chi connectivity index (χ4n) is 5.33. The number of fused-ring (bicyclic) bond motifs is 1. The number of guanidine groups is 1. The van der Waals surface area contributed by atoms with Crippen molar-refractivity contribution in [1.82, 2.24) is 4.90 Å². The number of nitrogens with two attached hydrogens (primary N) is 1. The van der Waals surface area contributed by atoms with Crippen LogP contribution in [0.25, 0.3) is 0 Å². The smallest absolute Gasteiger partial charge is 0.193 e. The first-order chi connectivity index (χ1) is 15.4. The van der Waals surface area contributed by atoms with Crippen LogP contribution in [0.5, 0.6) is 11.5 Å². The molecular weight excluding hydrogens is 447 g/mol. The second-order valence-corrected chi connectivity index (χ2v) is 9.43. The van der Waals surface area contributed by atoms with Crippen LogP contribution in [0.3, 0.4) is 0 Å². The summed E-state index contributed by atoms with van der Waals surface area (Å²) in [5, 5.41) is 4.03. The Labute approximate surface area is 199 Å². The Morgan fingerprint density at radius 2 is 1.94 bits per heavy atom. The average molecular weight is 477 g/mol. The van der Waals surface area contributed by atoms with Gasteiger partial charge < -0.3 is 25.4 Å². The van der Waals surface area contributed by atoms with Crippen LogP contribution in [-0.2, 0) is 5.41 Å². The van der Waals surface area contributed by atoms with Gasteiger partial charge in [-0.3, -0.25) is 0 Å². The van der Waals surface area contributed by atoms with Gasteiger partial charge in [0.25, 0.3) is 0 Å². The lowest BCUT2D eigenvalue weighted by Gasteiger charge is -2.44. The molecule has 1 saturated carbocycles. The average Bonchev–Trinajstić information content (AvgIpc) is 3.13. The number of likely N-dealkylation sites (N-methyl/N-ethyl adjacent to an activating group) is 1. The van der Waals surface area contributed by atoms with Crippen LogP contribution in [0, 0.1) is 0 Å². The monoisotopic (exact) mass is 476 g/mol. The maximum Gasteiger partial charge on any atom is 0.193 e. The number of hydrogen-bond donors (Lipinski definition) is 2.